The highest BCUT2D eigenvalue weighted by molar-refractivity contribution is 9.09. The van der Waals surface area contributed by atoms with Crippen LogP contribution in [0.4, 0.5) is 13.2 Å². The predicted octanol–water partition coefficient (Wildman–Crippen LogP) is 5.95. The summed E-state index contributed by atoms with van der Waals surface area (Å²) in [5, 5.41) is 0. The number of aryl methyl sites for hydroxylation is 1. The van der Waals surface area contributed by atoms with E-state index in [2.05, 4.69) is 47.1 Å². The highest BCUT2D eigenvalue weighted by atomic mass is 79.9. The first-order chi connectivity index (χ1) is 9.90. The molecular formula is C17H16BrF3. The van der Waals surface area contributed by atoms with E-state index in [4.69, 9.17) is 0 Å². The van der Waals surface area contributed by atoms with Crippen molar-refractivity contribution >= 4 is 15.9 Å². The van der Waals surface area contributed by atoms with Gasteiger partial charge < -0.3 is 0 Å². The van der Waals surface area contributed by atoms with Crippen LogP contribution in [0.3, 0.4) is 0 Å². The maximum Gasteiger partial charge on any atom is 0.416 e. The van der Waals surface area contributed by atoms with Gasteiger partial charge in [0.2, 0.25) is 0 Å². The highest BCUT2D eigenvalue weighted by Crippen LogP contribution is 2.31. The average Bonchev–Trinajstić information content (AvgIpc) is 2.47. The summed E-state index contributed by atoms with van der Waals surface area (Å²) in [6, 6.07) is 13.6. The first-order valence-corrected chi connectivity index (χ1v) is 7.70. The summed E-state index contributed by atoms with van der Waals surface area (Å²) in [6.45, 7) is 2.10. The molecule has 0 fully saturated rings. The highest BCUT2D eigenvalue weighted by Gasteiger charge is 2.29. The second-order valence-electron chi connectivity index (χ2n) is 4.96. The van der Waals surface area contributed by atoms with E-state index in [1.165, 1.54) is 17.7 Å². The first kappa shape index (κ1) is 16.1. The van der Waals surface area contributed by atoms with E-state index in [9.17, 15) is 13.2 Å². The molecule has 2 aromatic rings. The zero-order valence-corrected chi connectivity index (χ0v) is 13.2. The van der Waals surface area contributed by atoms with Crippen molar-refractivity contribution < 1.29 is 13.2 Å². The van der Waals surface area contributed by atoms with Crippen molar-refractivity contribution in [2.75, 3.05) is 0 Å². The van der Waals surface area contributed by atoms with Crippen molar-refractivity contribution in [1.82, 2.24) is 0 Å². The van der Waals surface area contributed by atoms with Gasteiger partial charge in [-0.15, -0.1) is 0 Å². The molecule has 112 valence electrons. The Balaban J connectivity index is 2.06. The van der Waals surface area contributed by atoms with E-state index in [1.54, 1.807) is 0 Å². The van der Waals surface area contributed by atoms with Crippen LogP contribution in [0.1, 0.15) is 34.0 Å². The van der Waals surface area contributed by atoms with Gasteiger partial charge in [-0.3, -0.25) is 0 Å². The third-order valence-corrected chi connectivity index (χ3v) is 4.30. The summed E-state index contributed by atoms with van der Waals surface area (Å²) < 4.78 is 37.5. The molecule has 1 unspecified atom stereocenters. The number of hydrogen-bond donors (Lipinski definition) is 0. The average molecular weight is 357 g/mol. The quantitative estimate of drug-likeness (QED) is 0.594. The van der Waals surface area contributed by atoms with Crippen molar-refractivity contribution in [3.8, 4) is 0 Å². The molecule has 0 aromatic heterocycles. The summed E-state index contributed by atoms with van der Waals surface area (Å²) in [4.78, 5) is 0.0974. The Morgan fingerprint density at radius 2 is 1.43 bits per heavy atom. The van der Waals surface area contributed by atoms with Crippen molar-refractivity contribution in [2.24, 2.45) is 0 Å². The number of hydrogen-bond acceptors (Lipinski definition) is 0. The van der Waals surface area contributed by atoms with Gasteiger partial charge >= 0.3 is 6.18 Å². The molecule has 4 heteroatoms. The lowest BCUT2D eigenvalue weighted by molar-refractivity contribution is -0.137. The van der Waals surface area contributed by atoms with Gasteiger partial charge in [-0.05, 0) is 41.7 Å². The molecule has 0 spiro atoms. The lowest BCUT2D eigenvalue weighted by atomic mass is 10.0. The summed E-state index contributed by atoms with van der Waals surface area (Å²) >= 11 is 3.60. The topological polar surface area (TPSA) is 0 Å². The summed E-state index contributed by atoms with van der Waals surface area (Å²) in [7, 11) is 0. The van der Waals surface area contributed by atoms with Crippen LogP contribution in [-0.4, -0.2) is 0 Å². The Bertz CT molecular complexity index is 570. The van der Waals surface area contributed by atoms with Crippen molar-refractivity contribution in [1.29, 1.82) is 0 Å². The molecule has 0 amide bonds. The van der Waals surface area contributed by atoms with Crippen LogP contribution in [0, 0.1) is 0 Å². The van der Waals surface area contributed by atoms with Crippen molar-refractivity contribution in [3.05, 3.63) is 70.8 Å². The van der Waals surface area contributed by atoms with Gasteiger partial charge in [-0.2, -0.15) is 13.2 Å². The molecule has 0 aliphatic heterocycles. The molecule has 0 heterocycles. The zero-order valence-electron chi connectivity index (χ0n) is 11.6. The molecule has 2 aromatic carbocycles. The Morgan fingerprint density at radius 1 is 0.905 bits per heavy atom. The minimum Gasteiger partial charge on any atom is -0.166 e. The van der Waals surface area contributed by atoms with Gasteiger partial charge in [-0.25, -0.2) is 0 Å². The molecule has 2 rings (SSSR count). The number of alkyl halides is 4. The molecular weight excluding hydrogens is 341 g/mol. The van der Waals surface area contributed by atoms with E-state index in [0.29, 0.717) is 6.42 Å². The predicted molar refractivity (Wildman–Crippen MR) is 82.6 cm³/mol. The Kier molecular flexibility index (Phi) is 5.09. The lowest BCUT2D eigenvalue weighted by Crippen LogP contribution is -2.05. The van der Waals surface area contributed by atoms with Gasteiger partial charge in [-0.1, -0.05) is 59.3 Å². The maximum atomic E-state index is 12.5. The monoisotopic (exact) mass is 356 g/mol. The fourth-order valence-electron chi connectivity index (χ4n) is 2.12. The van der Waals surface area contributed by atoms with Crippen LogP contribution in [0.5, 0.6) is 0 Å². The van der Waals surface area contributed by atoms with Crippen LogP contribution < -0.4 is 0 Å². The van der Waals surface area contributed by atoms with Crippen LogP contribution >= 0.6 is 15.9 Å². The van der Waals surface area contributed by atoms with Crippen LogP contribution in [0.2, 0.25) is 0 Å². The van der Waals surface area contributed by atoms with Crippen LogP contribution in [0.25, 0.3) is 0 Å². The van der Waals surface area contributed by atoms with E-state index in [1.807, 2.05) is 0 Å². The minimum atomic E-state index is -4.28. The second-order valence-corrected chi connectivity index (χ2v) is 6.07. The number of rotatable bonds is 4. The molecule has 0 aliphatic rings. The molecule has 1 atom stereocenters. The van der Waals surface area contributed by atoms with E-state index >= 15 is 0 Å². The van der Waals surface area contributed by atoms with E-state index < -0.39 is 11.7 Å². The summed E-state index contributed by atoms with van der Waals surface area (Å²) in [5.41, 5.74) is 2.68. The first-order valence-electron chi connectivity index (χ1n) is 6.79. The van der Waals surface area contributed by atoms with Gasteiger partial charge in [0.1, 0.15) is 0 Å². The van der Waals surface area contributed by atoms with Gasteiger partial charge in [0.25, 0.3) is 0 Å². The standard InChI is InChI=1S/C17H16BrF3/c1-2-12-3-7-14(8-4-12)16(18)11-13-5-9-15(10-6-13)17(19,20)21/h3-10,16H,2,11H2,1H3. The largest absolute Gasteiger partial charge is 0.416 e. The minimum absolute atomic E-state index is 0.0974. The van der Waals surface area contributed by atoms with E-state index in [0.717, 1.165) is 29.7 Å². The molecule has 0 saturated heterocycles. The summed E-state index contributed by atoms with van der Waals surface area (Å²) in [6.07, 6.45) is -2.63. The van der Waals surface area contributed by atoms with E-state index in [-0.39, 0.29) is 4.83 Å². The van der Waals surface area contributed by atoms with Gasteiger partial charge in [0.05, 0.1) is 5.56 Å². The molecule has 0 saturated carbocycles. The molecule has 0 N–H and O–H groups in total. The fraction of sp³-hybridized carbons (Fsp3) is 0.294. The third-order valence-electron chi connectivity index (χ3n) is 3.45. The Morgan fingerprint density at radius 3 is 1.90 bits per heavy atom. The Hall–Kier alpha value is -1.29. The molecule has 0 nitrogen and oxygen atoms in total. The van der Waals surface area contributed by atoms with Gasteiger partial charge in [0.15, 0.2) is 0 Å². The SMILES string of the molecule is CCc1ccc(C(Br)Cc2ccc(C(F)(F)F)cc2)cc1. The van der Waals surface area contributed by atoms with Crippen LogP contribution in [-0.2, 0) is 19.0 Å². The zero-order chi connectivity index (χ0) is 15.5. The Labute approximate surface area is 131 Å². The van der Waals surface area contributed by atoms with Gasteiger partial charge in [0, 0.05) is 4.83 Å². The van der Waals surface area contributed by atoms with Crippen molar-refractivity contribution in [3.63, 3.8) is 0 Å². The molecule has 21 heavy (non-hydrogen) atoms. The summed E-state index contributed by atoms with van der Waals surface area (Å²) in [5.74, 6) is 0. The third kappa shape index (κ3) is 4.34. The van der Waals surface area contributed by atoms with Crippen LogP contribution in [0.15, 0.2) is 48.5 Å². The smallest absolute Gasteiger partial charge is 0.166 e. The maximum absolute atomic E-state index is 12.5. The lowest BCUT2D eigenvalue weighted by Gasteiger charge is -2.12. The molecule has 0 bridgehead atoms. The normalized spacial score (nSPS) is 13.2. The molecule has 0 radical (unpaired) electrons. The van der Waals surface area contributed by atoms with Crippen molar-refractivity contribution in [2.45, 2.75) is 30.8 Å². The fourth-order valence-corrected chi connectivity index (χ4v) is 2.80. The molecule has 0 aliphatic carbocycles. The number of benzene rings is 2. The second kappa shape index (κ2) is 6.65. The number of halogens is 4.